The van der Waals surface area contributed by atoms with E-state index in [1.807, 2.05) is 59.5 Å². The Morgan fingerprint density at radius 3 is 2.31 bits per heavy atom. The van der Waals surface area contributed by atoms with Crippen LogP contribution in [0.4, 0.5) is 0 Å². The number of aromatic nitrogens is 2. The summed E-state index contributed by atoms with van der Waals surface area (Å²) < 4.78 is 1.44. The normalized spacial score (nSPS) is 14.1. The minimum Gasteiger partial charge on any atom is -0.343 e. The van der Waals surface area contributed by atoms with E-state index in [9.17, 15) is 9.59 Å². The molecular formula is C21H21N3O2. The van der Waals surface area contributed by atoms with Crippen LogP contribution in [0.5, 0.6) is 0 Å². The molecule has 0 saturated carbocycles. The van der Waals surface area contributed by atoms with Crippen molar-refractivity contribution < 1.29 is 4.79 Å². The highest BCUT2D eigenvalue weighted by Crippen LogP contribution is 2.24. The molecule has 132 valence electrons. The second kappa shape index (κ2) is 7.12. The van der Waals surface area contributed by atoms with Crippen molar-refractivity contribution >= 4 is 16.7 Å². The first kappa shape index (κ1) is 16.5. The van der Waals surface area contributed by atoms with Gasteiger partial charge in [-0.05, 0) is 18.9 Å². The zero-order valence-corrected chi connectivity index (χ0v) is 14.6. The van der Waals surface area contributed by atoms with Crippen LogP contribution in [-0.2, 0) is 11.3 Å². The third kappa shape index (κ3) is 3.12. The number of nitrogens with zero attached hydrogens (tertiary/aromatic N) is 3. The minimum atomic E-state index is -0.144. The summed E-state index contributed by atoms with van der Waals surface area (Å²) in [6.07, 6.45) is 2.44. The maximum atomic E-state index is 12.8. The van der Waals surface area contributed by atoms with Gasteiger partial charge in [-0.1, -0.05) is 48.5 Å². The molecule has 3 aromatic rings. The van der Waals surface area contributed by atoms with Gasteiger partial charge in [0.1, 0.15) is 0 Å². The standard InChI is InChI=1S/C21H21N3O2/c25-19(23-13-6-7-14-23)12-15-24-21(26)18-11-5-4-10-17(18)20(22-24)16-8-2-1-3-9-16/h1-5,8-11H,6-7,12-15H2. The SMILES string of the molecule is O=C(CCn1nc(-c2ccccc2)c2ccccc2c1=O)N1CCCC1. The molecule has 26 heavy (non-hydrogen) atoms. The first-order chi connectivity index (χ1) is 12.7. The number of hydrogen-bond donors (Lipinski definition) is 0. The summed E-state index contributed by atoms with van der Waals surface area (Å²) in [5, 5.41) is 6.08. The van der Waals surface area contributed by atoms with Crippen LogP contribution in [-0.4, -0.2) is 33.7 Å². The van der Waals surface area contributed by atoms with Gasteiger partial charge in [-0.25, -0.2) is 4.68 Å². The predicted octanol–water partition coefficient (Wildman–Crippen LogP) is 3.08. The van der Waals surface area contributed by atoms with Gasteiger partial charge in [0.15, 0.2) is 0 Å². The third-order valence-corrected chi connectivity index (χ3v) is 4.91. The zero-order chi connectivity index (χ0) is 17.9. The molecule has 0 unspecified atom stereocenters. The first-order valence-electron chi connectivity index (χ1n) is 9.07. The van der Waals surface area contributed by atoms with Crippen molar-refractivity contribution in [3.8, 4) is 11.3 Å². The number of benzene rings is 2. The Kier molecular flexibility index (Phi) is 4.52. The summed E-state index contributed by atoms with van der Waals surface area (Å²) >= 11 is 0. The van der Waals surface area contributed by atoms with Gasteiger partial charge in [-0.3, -0.25) is 9.59 Å². The molecular weight excluding hydrogens is 326 g/mol. The summed E-state index contributed by atoms with van der Waals surface area (Å²) in [5.41, 5.74) is 1.59. The topological polar surface area (TPSA) is 55.2 Å². The Morgan fingerprint density at radius 2 is 1.58 bits per heavy atom. The Bertz CT molecular complexity index is 989. The molecule has 0 bridgehead atoms. The quantitative estimate of drug-likeness (QED) is 0.729. The number of likely N-dealkylation sites (tertiary alicyclic amines) is 1. The predicted molar refractivity (Wildman–Crippen MR) is 102 cm³/mol. The summed E-state index contributed by atoms with van der Waals surface area (Å²) in [5.74, 6) is 0.102. The van der Waals surface area contributed by atoms with E-state index in [2.05, 4.69) is 5.10 Å². The Hall–Kier alpha value is -2.95. The number of rotatable bonds is 4. The number of hydrogen-bond acceptors (Lipinski definition) is 3. The lowest BCUT2D eigenvalue weighted by molar-refractivity contribution is -0.130. The van der Waals surface area contributed by atoms with E-state index in [4.69, 9.17) is 0 Å². The third-order valence-electron chi connectivity index (χ3n) is 4.91. The molecule has 2 aromatic carbocycles. The Morgan fingerprint density at radius 1 is 0.923 bits per heavy atom. The highest BCUT2D eigenvalue weighted by atomic mass is 16.2. The number of carbonyl (C=O) groups is 1. The second-order valence-corrected chi connectivity index (χ2v) is 6.63. The van der Waals surface area contributed by atoms with Gasteiger partial charge in [0.2, 0.25) is 5.91 Å². The highest BCUT2D eigenvalue weighted by molar-refractivity contribution is 5.93. The lowest BCUT2D eigenvalue weighted by atomic mass is 10.1. The van der Waals surface area contributed by atoms with E-state index < -0.39 is 0 Å². The van der Waals surface area contributed by atoms with Gasteiger partial charge >= 0.3 is 0 Å². The van der Waals surface area contributed by atoms with Gasteiger partial charge in [0.05, 0.1) is 17.6 Å². The average molecular weight is 347 g/mol. The summed E-state index contributed by atoms with van der Waals surface area (Å²) in [7, 11) is 0. The highest BCUT2D eigenvalue weighted by Gasteiger charge is 2.18. The van der Waals surface area contributed by atoms with Gasteiger partial charge in [0, 0.05) is 30.5 Å². The van der Waals surface area contributed by atoms with E-state index in [0.717, 1.165) is 42.6 Å². The smallest absolute Gasteiger partial charge is 0.274 e. The lowest BCUT2D eigenvalue weighted by Gasteiger charge is -2.16. The molecule has 0 spiro atoms. The molecule has 4 rings (SSSR count). The Labute approximate surface area is 151 Å². The van der Waals surface area contributed by atoms with E-state index in [-0.39, 0.29) is 11.5 Å². The molecule has 0 aliphatic carbocycles. The molecule has 1 amide bonds. The summed E-state index contributed by atoms with van der Waals surface area (Å²) in [4.78, 5) is 27.0. The number of carbonyl (C=O) groups excluding carboxylic acids is 1. The average Bonchev–Trinajstić information content (AvgIpc) is 3.23. The fraction of sp³-hybridized carbons (Fsp3) is 0.286. The monoisotopic (exact) mass is 347 g/mol. The van der Waals surface area contributed by atoms with E-state index in [0.29, 0.717) is 18.4 Å². The van der Waals surface area contributed by atoms with E-state index in [1.54, 1.807) is 0 Å². The van der Waals surface area contributed by atoms with Crippen molar-refractivity contribution in [1.29, 1.82) is 0 Å². The van der Waals surface area contributed by atoms with Crippen molar-refractivity contribution in [1.82, 2.24) is 14.7 Å². The molecule has 1 aromatic heterocycles. The van der Waals surface area contributed by atoms with Crippen LogP contribution in [0, 0.1) is 0 Å². The van der Waals surface area contributed by atoms with Crippen molar-refractivity contribution in [3.05, 3.63) is 65.0 Å². The largest absolute Gasteiger partial charge is 0.343 e. The number of fused-ring (bicyclic) bond motifs is 1. The molecule has 5 heteroatoms. The number of amides is 1. The van der Waals surface area contributed by atoms with Crippen LogP contribution >= 0.6 is 0 Å². The van der Waals surface area contributed by atoms with Crippen LogP contribution in [0.15, 0.2) is 59.4 Å². The van der Waals surface area contributed by atoms with Crippen molar-refractivity contribution in [3.63, 3.8) is 0 Å². The van der Waals surface area contributed by atoms with Crippen LogP contribution < -0.4 is 5.56 Å². The summed E-state index contributed by atoms with van der Waals surface area (Å²) in [6, 6.07) is 17.4. The van der Waals surface area contributed by atoms with Crippen molar-refractivity contribution in [2.24, 2.45) is 0 Å². The van der Waals surface area contributed by atoms with Crippen LogP contribution in [0.1, 0.15) is 19.3 Å². The van der Waals surface area contributed by atoms with Gasteiger partial charge < -0.3 is 4.90 Å². The first-order valence-corrected chi connectivity index (χ1v) is 9.07. The molecule has 0 atom stereocenters. The van der Waals surface area contributed by atoms with Gasteiger partial charge in [-0.2, -0.15) is 5.10 Å². The zero-order valence-electron chi connectivity index (χ0n) is 14.6. The van der Waals surface area contributed by atoms with Crippen LogP contribution in [0.3, 0.4) is 0 Å². The molecule has 1 saturated heterocycles. The maximum Gasteiger partial charge on any atom is 0.274 e. The summed E-state index contributed by atoms with van der Waals surface area (Å²) in [6.45, 7) is 1.96. The molecule has 1 fully saturated rings. The lowest BCUT2D eigenvalue weighted by Crippen LogP contribution is -2.31. The fourth-order valence-electron chi connectivity index (χ4n) is 3.52. The molecule has 0 N–H and O–H groups in total. The van der Waals surface area contributed by atoms with Crippen LogP contribution in [0.25, 0.3) is 22.0 Å². The van der Waals surface area contributed by atoms with E-state index >= 15 is 0 Å². The van der Waals surface area contributed by atoms with E-state index in [1.165, 1.54) is 4.68 Å². The molecule has 0 radical (unpaired) electrons. The van der Waals surface area contributed by atoms with Crippen molar-refractivity contribution in [2.45, 2.75) is 25.8 Å². The fourth-order valence-corrected chi connectivity index (χ4v) is 3.52. The minimum absolute atomic E-state index is 0.102. The van der Waals surface area contributed by atoms with Gasteiger partial charge in [0.25, 0.3) is 5.56 Å². The molecule has 1 aliphatic rings. The molecule has 5 nitrogen and oxygen atoms in total. The van der Waals surface area contributed by atoms with Crippen molar-refractivity contribution in [2.75, 3.05) is 13.1 Å². The van der Waals surface area contributed by atoms with Gasteiger partial charge in [-0.15, -0.1) is 0 Å². The van der Waals surface area contributed by atoms with Crippen LogP contribution in [0.2, 0.25) is 0 Å². The number of aryl methyl sites for hydroxylation is 1. The Balaban J connectivity index is 1.72. The molecule has 1 aliphatic heterocycles. The maximum absolute atomic E-state index is 12.8. The second-order valence-electron chi connectivity index (χ2n) is 6.63. The molecule has 2 heterocycles.